The molecule has 1 atom stereocenters. The maximum atomic E-state index is 5.45. The second-order valence-corrected chi connectivity index (χ2v) is 4.75. The second kappa shape index (κ2) is 7.64. The lowest BCUT2D eigenvalue weighted by molar-refractivity contribution is 0.399. The lowest BCUT2D eigenvalue weighted by Crippen LogP contribution is -2.24. The summed E-state index contributed by atoms with van der Waals surface area (Å²) in [6.07, 6.45) is 2.85. The van der Waals surface area contributed by atoms with Crippen LogP contribution >= 0.6 is 0 Å². The van der Waals surface area contributed by atoms with Gasteiger partial charge in [-0.3, -0.25) is 4.98 Å². The maximum absolute atomic E-state index is 5.45. The number of pyridine rings is 1. The van der Waals surface area contributed by atoms with Crippen molar-refractivity contribution in [3.63, 3.8) is 0 Å². The highest BCUT2D eigenvalue weighted by Gasteiger charge is 2.18. The standard InChI is InChI=1S/C17H22N2O2/c1-4-11-18-16(13-7-9-14(20-2)10-8-13)17-15(21-3)6-5-12-19-17/h5-10,12,16,18H,4,11H2,1-3H3. The summed E-state index contributed by atoms with van der Waals surface area (Å²) >= 11 is 0. The van der Waals surface area contributed by atoms with Gasteiger partial charge in [0.2, 0.25) is 0 Å². The Balaban J connectivity index is 2.36. The molecular formula is C17H22N2O2. The summed E-state index contributed by atoms with van der Waals surface area (Å²) in [4.78, 5) is 4.50. The number of aromatic nitrogens is 1. The third-order valence-corrected chi connectivity index (χ3v) is 3.34. The highest BCUT2D eigenvalue weighted by Crippen LogP contribution is 2.28. The van der Waals surface area contributed by atoms with E-state index in [0.29, 0.717) is 0 Å². The smallest absolute Gasteiger partial charge is 0.142 e. The minimum atomic E-state index is 0.00649. The van der Waals surface area contributed by atoms with Crippen molar-refractivity contribution in [3.8, 4) is 11.5 Å². The molecule has 1 N–H and O–H groups in total. The summed E-state index contributed by atoms with van der Waals surface area (Å²) in [6, 6.07) is 11.9. The van der Waals surface area contributed by atoms with E-state index < -0.39 is 0 Å². The van der Waals surface area contributed by atoms with Crippen molar-refractivity contribution in [2.24, 2.45) is 0 Å². The highest BCUT2D eigenvalue weighted by atomic mass is 16.5. The number of ether oxygens (including phenoxy) is 2. The Morgan fingerprint density at radius 2 is 1.86 bits per heavy atom. The predicted octanol–water partition coefficient (Wildman–Crippen LogP) is 3.19. The molecule has 21 heavy (non-hydrogen) atoms. The van der Waals surface area contributed by atoms with Crippen LogP contribution in [0, 0.1) is 0 Å². The molecule has 0 saturated carbocycles. The summed E-state index contributed by atoms with van der Waals surface area (Å²) in [5.41, 5.74) is 2.04. The van der Waals surface area contributed by atoms with Crippen LogP contribution in [0.2, 0.25) is 0 Å². The topological polar surface area (TPSA) is 43.4 Å². The van der Waals surface area contributed by atoms with Gasteiger partial charge in [0.05, 0.1) is 20.3 Å². The number of nitrogens with one attached hydrogen (secondary N) is 1. The fraction of sp³-hybridized carbons (Fsp3) is 0.353. The molecule has 1 aromatic carbocycles. The molecule has 2 rings (SSSR count). The molecule has 0 saturated heterocycles. The van der Waals surface area contributed by atoms with E-state index in [4.69, 9.17) is 9.47 Å². The molecule has 1 heterocycles. The Morgan fingerprint density at radius 1 is 1.10 bits per heavy atom. The van der Waals surface area contributed by atoms with Gasteiger partial charge in [-0.15, -0.1) is 0 Å². The van der Waals surface area contributed by atoms with Crippen LogP contribution in [0.1, 0.15) is 30.6 Å². The van der Waals surface area contributed by atoms with Gasteiger partial charge in [0.1, 0.15) is 17.2 Å². The summed E-state index contributed by atoms with van der Waals surface area (Å²) in [6.45, 7) is 3.06. The number of benzene rings is 1. The quantitative estimate of drug-likeness (QED) is 0.849. The average Bonchev–Trinajstić information content (AvgIpc) is 2.56. The van der Waals surface area contributed by atoms with Crippen molar-refractivity contribution in [2.45, 2.75) is 19.4 Å². The van der Waals surface area contributed by atoms with Gasteiger partial charge < -0.3 is 14.8 Å². The van der Waals surface area contributed by atoms with E-state index >= 15 is 0 Å². The number of hydrogen-bond donors (Lipinski definition) is 1. The first-order valence-electron chi connectivity index (χ1n) is 7.16. The van der Waals surface area contributed by atoms with Crippen molar-refractivity contribution in [1.29, 1.82) is 0 Å². The first-order valence-corrected chi connectivity index (χ1v) is 7.16. The Hall–Kier alpha value is -2.07. The summed E-state index contributed by atoms with van der Waals surface area (Å²) in [5, 5.41) is 3.53. The van der Waals surface area contributed by atoms with Crippen molar-refractivity contribution in [3.05, 3.63) is 53.9 Å². The zero-order valence-corrected chi connectivity index (χ0v) is 12.8. The minimum Gasteiger partial charge on any atom is -0.497 e. The fourth-order valence-corrected chi connectivity index (χ4v) is 2.25. The number of methoxy groups -OCH3 is 2. The van der Waals surface area contributed by atoms with Gasteiger partial charge in [0.15, 0.2) is 0 Å². The minimum absolute atomic E-state index is 0.00649. The molecule has 0 bridgehead atoms. The van der Waals surface area contributed by atoms with Crippen LogP contribution in [-0.4, -0.2) is 25.7 Å². The monoisotopic (exact) mass is 286 g/mol. The molecule has 0 aliphatic carbocycles. The molecule has 4 heteroatoms. The van der Waals surface area contributed by atoms with Crippen LogP contribution in [0.15, 0.2) is 42.6 Å². The molecule has 0 aliphatic rings. The second-order valence-electron chi connectivity index (χ2n) is 4.75. The molecule has 1 aromatic heterocycles. The number of nitrogens with zero attached hydrogens (tertiary/aromatic N) is 1. The molecule has 1 unspecified atom stereocenters. The molecule has 2 aromatic rings. The zero-order chi connectivity index (χ0) is 15.1. The maximum Gasteiger partial charge on any atom is 0.142 e. The molecule has 0 amide bonds. The van der Waals surface area contributed by atoms with E-state index in [1.54, 1.807) is 20.4 Å². The third kappa shape index (κ3) is 3.73. The van der Waals surface area contributed by atoms with Crippen LogP contribution in [0.5, 0.6) is 11.5 Å². The van der Waals surface area contributed by atoms with E-state index in [1.807, 2.05) is 24.3 Å². The third-order valence-electron chi connectivity index (χ3n) is 3.34. The number of hydrogen-bond acceptors (Lipinski definition) is 4. The van der Waals surface area contributed by atoms with E-state index in [9.17, 15) is 0 Å². The van der Waals surface area contributed by atoms with Gasteiger partial charge in [0.25, 0.3) is 0 Å². The Labute approximate surface area is 126 Å². The summed E-state index contributed by atoms with van der Waals surface area (Å²) < 4.78 is 10.7. The Bertz CT molecular complexity index is 555. The highest BCUT2D eigenvalue weighted by molar-refractivity contribution is 5.38. The van der Waals surface area contributed by atoms with Gasteiger partial charge in [-0.05, 0) is 42.8 Å². The fourth-order valence-electron chi connectivity index (χ4n) is 2.25. The largest absolute Gasteiger partial charge is 0.497 e. The summed E-state index contributed by atoms with van der Waals surface area (Å²) in [7, 11) is 3.34. The van der Waals surface area contributed by atoms with Gasteiger partial charge in [-0.25, -0.2) is 0 Å². The van der Waals surface area contributed by atoms with Crippen LogP contribution in [0.25, 0.3) is 0 Å². The van der Waals surface area contributed by atoms with Gasteiger partial charge in [-0.1, -0.05) is 19.1 Å². The normalized spacial score (nSPS) is 12.0. The lowest BCUT2D eigenvalue weighted by atomic mass is 10.0. The van der Waals surface area contributed by atoms with Gasteiger partial charge in [0, 0.05) is 6.20 Å². The Kier molecular flexibility index (Phi) is 5.58. The van der Waals surface area contributed by atoms with Crippen LogP contribution in [0.3, 0.4) is 0 Å². The average molecular weight is 286 g/mol. The molecule has 4 nitrogen and oxygen atoms in total. The van der Waals surface area contributed by atoms with Crippen molar-refractivity contribution in [1.82, 2.24) is 10.3 Å². The van der Waals surface area contributed by atoms with E-state index in [2.05, 4.69) is 29.4 Å². The SMILES string of the molecule is CCCNC(c1ccc(OC)cc1)c1ncccc1OC. The molecule has 112 valence electrons. The van der Waals surface area contributed by atoms with Gasteiger partial charge >= 0.3 is 0 Å². The van der Waals surface area contributed by atoms with Crippen molar-refractivity contribution < 1.29 is 9.47 Å². The first kappa shape index (κ1) is 15.3. The predicted molar refractivity (Wildman–Crippen MR) is 83.9 cm³/mol. The van der Waals surface area contributed by atoms with Crippen molar-refractivity contribution in [2.75, 3.05) is 20.8 Å². The van der Waals surface area contributed by atoms with Crippen LogP contribution in [0.4, 0.5) is 0 Å². The molecular weight excluding hydrogens is 264 g/mol. The van der Waals surface area contributed by atoms with Crippen LogP contribution < -0.4 is 14.8 Å². The molecule has 0 fully saturated rings. The molecule has 0 spiro atoms. The number of rotatable bonds is 7. The lowest BCUT2D eigenvalue weighted by Gasteiger charge is -2.20. The first-order chi connectivity index (χ1) is 10.3. The van der Waals surface area contributed by atoms with Crippen molar-refractivity contribution >= 4 is 0 Å². The molecule has 0 radical (unpaired) electrons. The molecule has 0 aliphatic heterocycles. The van der Waals surface area contributed by atoms with E-state index in [0.717, 1.165) is 35.7 Å². The van der Waals surface area contributed by atoms with E-state index in [-0.39, 0.29) is 6.04 Å². The van der Waals surface area contributed by atoms with Gasteiger partial charge in [-0.2, -0.15) is 0 Å². The van der Waals surface area contributed by atoms with Crippen LogP contribution in [-0.2, 0) is 0 Å². The van der Waals surface area contributed by atoms with E-state index in [1.165, 1.54) is 0 Å². The zero-order valence-electron chi connectivity index (χ0n) is 12.8. The summed E-state index contributed by atoms with van der Waals surface area (Å²) in [5.74, 6) is 1.64. The Morgan fingerprint density at radius 3 is 2.48 bits per heavy atom.